The smallest absolute Gasteiger partial charge is 0.274 e. The molecule has 7 nitrogen and oxygen atoms in total. The van der Waals surface area contributed by atoms with Crippen LogP contribution in [0.5, 0.6) is 0 Å². The van der Waals surface area contributed by atoms with E-state index in [4.69, 9.17) is 4.74 Å². The Morgan fingerprint density at radius 2 is 2.33 bits per heavy atom. The highest BCUT2D eigenvalue weighted by Gasteiger charge is 2.33. The van der Waals surface area contributed by atoms with Gasteiger partial charge in [0.25, 0.3) is 5.91 Å². The van der Waals surface area contributed by atoms with Gasteiger partial charge >= 0.3 is 0 Å². The van der Waals surface area contributed by atoms with Crippen molar-refractivity contribution in [2.75, 3.05) is 26.2 Å². The second-order valence-corrected chi connectivity index (χ2v) is 5.81. The molecular formula is C14H21N3O4. The van der Waals surface area contributed by atoms with Crippen LogP contribution in [0.1, 0.15) is 24.3 Å². The molecule has 1 fully saturated rings. The molecule has 0 radical (unpaired) electrons. The maximum atomic E-state index is 11.9. The maximum Gasteiger partial charge on any atom is 0.274 e. The van der Waals surface area contributed by atoms with E-state index in [1.54, 1.807) is 18.3 Å². The van der Waals surface area contributed by atoms with E-state index in [1.165, 1.54) is 0 Å². The molecule has 1 unspecified atom stereocenters. The standard InChI is InChI=1S/C14H21N3O4/c1-14(2)9-17(6-10(8-18)21-14)7-12(19)16-13(20)11-4-3-5-15-11/h3-5,10,15,18H,6-9H2,1-2H3,(H,16,19,20). The molecule has 116 valence electrons. The lowest BCUT2D eigenvalue weighted by molar-refractivity contribution is -0.152. The summed E-state index contributed by atoms with van der Waals surface area (Å²) in [5, 5.41) is 11.6. The Balaban J connectivity index is 1.88. The average molecular weight is 295 g/mol. The van der Waals surface area contributed by atoms with Gasteiger partial charge in [0.15, 0.2) is 0 Å². The summed E-state index contributed by atoms with van der Waals surface area (Å²) in [6.07, 6.45) is 1.30. The molecule has 0 aromatic carbocycles. The fraction of sp³-hybridized carbons (Fsp3) is 0.571. The fourth-order valence-electron chi connectivity index (χ4n) is 2.54. The molecule has 21 heavy (non-hydrogen) atoms. The van der Waals surface area contributed by atoms with Crippen LogP contribution >= 0.6 is 0 Å². The number of carbonyl (C=O) groups is 2. The first kappa shape index (κ1) is 15.7. The van der Waals surface area contributed by atoms with Crippen molar-refractivity contribution in [3.8, 4) is 0 Å². The van der Waals surface area contributed by atoms with Crippen molar-refractivity contribution in [2.45, 2.75) is 25.6 Å². The van der Waals surface area contributed by atoms with Gasteiger partial charge in [0.1, 0.15) is 5.69 Å². The molecule has 1 aromatic rings. The van der Waals surface area contributed by atoms with E-state index in [1.807, 2.05) is 18.7 Å². The zero-order valence-electron chi connectivity index (χ0n) is 12.3. The third-order valence-corrected chi connectivity index (χ3v) is 3.22. The number of nitrogens with one attached hydrogen (secondary N) is 2. The Morgan fingerprint density at radius 1 is 1.57 bits per heavy atom. The first-order valence-electron chi connectivity index (χ1n) is 6.88. The van der Waals surface area contributed by atoms with Crippen molar-refractivity contribution in [3.05, 3.63) is 24.0 Å². The minimum Gasteiger partial charge on any atom is -0.394 e. The van der Waals surface area contributed by atoms with E-state index in [9.17, 15) is 14.7 Å². The van der Waals surface area contributed by atoms with Crippen LogP contribution in [0.25, 0.3) is 0 Å². The number of aromatic nitrogens is 1. The van der Waals surface area contributed by atoms with E-state index >= 15 is 0 Å². The fourth-order valence-corrected chi connectivity index (χ4v) is 2.54. The predicted molar refractivity (Wildman–Crippen MR) is 75.7 cm³/mol. The summed E-state index contributed by atoms with van der Waals surface area (Å²) < 4.78 is 5.68. The zero-order valence-corrected chi connectivity index (χ0v) is 12.3. The number of H-pyrrole nitrogens is 1. The van der Waals surface area contributed by atoms with Crippen LogP contribution in [0.2, 0.25) is 0 Å². The number of hydrogen-bond donors (Lipinski definition) is 3. The molecule has 1 aliphatic heterocycles. The van der Waals surface area contributed by atoms with Crippen molar-refractivity contribution < 1.29 is 19.4 Å². The van der Waals surface area contributed by atoms with Crippen LogP contribution in [-0.2, 0) is 9.53 Å². The van der Waals surface area contributed by atoms with Gasteiger partial charge in [-0.05, 0) is 26.0 Å². The van der Waals surface area contributed by atoms with Crippen LogP contribution in [0.4, 0.5) is 0 Å². The number of amides is 2. The second-order valence-electron chi connectivity index (χ2n) is 5.81. The Hall–Kier alpha value is -1.70. The highest BCUT2D eigenvalue weighted by atomic mass is 16.5. The van der Waals surface area contributed by atoms with Gasteiger partial charge in [0.05, 0.1) is 24.9 Å². The van der Waals surface area contributed by atoms with Gasteiger partial charge < -0.3 is 14.8 Å². The Labute approximate surface area is 123 Å². The topological polar surface area (TPSA) is 94.7 Å². The van der Waals surface area contributed by atoms with E-state index in [2.05, 4.69) is 10.3 Å². The molecule has 0 spiro atoms. The lowest BCUT2D eigenvalue weighted by atomic mass is 10.1. The number of hydrogen-bond acceptors (Lipinski definition) is 5. The van der Waals surface area contributed by atoms with Gasteiger partial charge in [-0.25, -0.2) is 0 Å². The van der Waals surface area contributed by atoms with Gasteiger partial charge in [-0.15, -0.1) is 0 Å². The largest absolute Gasteiger partial charge is 0.394 e. The molecule has 1 saturated heterocycles. The summed E-state index contributed by atoms with van der Waals surface area (Å²) >= 11 is 0. The summed E-state index contributed by atoms with van der Waals surface area (Å²) in [6, 6.07) is 3.29. The molecular weight excluding hydrogens is 274 g/mol. The van der Waals surface area contributed by atoms with Gasteiger partial charge in [-0.2, -0.15) is 0 Å². The van der Waals surface area contributed by atoms with Crippen molar-refractivity contribution in [1.82, 2.24) is 15.2 Å². The van der Waals surface area contributed by atoms with Crippen LogP contribution in [0.15, 0.2) is 18.3 Å². The molecule has 0 saturated carbocycles. The first-order valence-corrected chi connectivity index (χ1v) is 6.88. The maximum absolute atomic E-state index is 11.9. The normalized spacial score (nSPS) is 22.0. The van der Waals surface area contributed by atoms with Crippen LogP contribution < -0.4 is 5.32 Å². The van der Waals surface area contributed by atoms with Gasteiger partial charge in [-0.1, -0.05) is 0 Å². The molecule has 2 amide bonds. The summed E-state index contributed by atoms with van der Waals surface area (Å²) in [4.78, 5) is 28.3. The van der Waals surface area contributed by atoms with Gasteiger partial charge in [0, 0.05) is 19.3 Å². The van der Waals surface area contributed by atoms with Gasteiger partial charge in [-0.3, -0.25) is 19.8 Å². The first-order chi connectivity index (χ1) is 9.89. The minimum atomic E-state index is -0.448. The zero-order chi connectivity index (χ0) is 15.5. The predicted octanol–water partition coefficient (Wildman–Crippen LogP) is -0.257. The molecule has 2 heterocycles. The van der Waals surface area contributed by atoms with Crippen molar-refractivity contribution >= 4 is 11.8 Å². The number of imide groups is 1. The van der Waals surface area contributed by atoms with Crippen molar-refractivity contribution in [2.24, 2.45) is 0 Å². The lowest BCUT2D eigenvalue weighted by Gasteiger charge is -2.41. The summed E-state index contributed by atoms with van der Waals surface area (Å²) in [5.74, 6) is -0.819. The van der Waals surface area contributed by atoms with E-state index in [0.29, 0.717) is 18.8 Å². The van der Waals surface area contributed by atoms with E-state index in [0.717, 1.165) is 0 Å². The highest BCUT2D eigenvalue weighted by Crippen LogP contribution is 2.20. The van der Waals surface area contributed by atoms with Crippen LogP contribution in [0.3, 0.4) is 0 Å². The third kappa shape index (κ3) is 4.38. The molecule has 0 bridgehead atoms. The number of aromatic amines is 1. The Morgan fingerprint density at radius 3 is 2.95 bits per heavy atom. The monoisotopic (exact) mass is 295 g/mol. The Bertz CT molecular complexity index is 498. The highest BCUT2D eigenvalue weighted by molar-refractivity contribution is 6.04. The molecule has 1 aliphatic rings. The van der Waals surface area contributed by atoms with Gasteiger partial charge in [0.2, 0.25) is 5.91 Å². The van der Waals surface area contributed by atoms with Crippen molar-refractivity contribution in [1.29, 1.82) is 0 Å². The number of nitrogens with zero attached hydrogens (tertiary/aromatic N) is 1. The minimum absolute atomic E-state index is 0.0930. The molecule has 1 aromatic heterocycles. The summed E-state index contributed by atoms with van der Waals surface area (Å²) in [5.41, 5.74) is -0.0889. The van der Waals surface area contributed by atoms with Crippen LogP contribution in [-0.4, -0.2) is 64.8 Å². The molecule has 3 N–H and O–H groups in total. The number of morpholine rings is 1. The number of rotatable bonds is 4. The number of ether oxygens (including phenoxy) is 1. The van der Waals surface area contributed by atoms with E-state index < -0.39 is 11.5 Å². The second kappa shape index (κ2) is 6.38. The summed E-state index contributed by atoms with van der Waals surface area (Å²) in [6.45, 7) is 4.84. The molecule has 2 rings (SSSR count). The van der Waals surface area contributed by atoms with Crippen LogP contribution in [0, 0.1) is 0 Å². The quantitative estimate of drug-likeness (QED) is 0.711. The number of carbonyl (C=O) groups excluding carboxylic acids is 2. The lowest BCUT2D eigenvalue weighted by Crippen LogP contribution is -2.56. The summed E-state index contributed by atoms with van der Waals surface area (Å²) in [7, 11) is 0. The van der Waals surface area contributed by atoms with Crippen molar-refractivity contribution in [3.63, 3.8) is 0 Å². The molecule has 7 heteroatoms. The Kier molecular flexibility index (Phi) is 4.76. The molecule has 0 aliphatic carbocycles. The number of aliphatic hydroxyl groups is 1. The SMILES string of the molecule is CC1(C)CN(CC(=O)NC(=O)c2ccc[nH]2)CC(CO)O1. The number of aliphatic hydroxyl groups excluding tert-OH is 1. The van der Waals surface area contributed by atoms with E-state index in [-0.39, 0.29) is 25.2 Å². The average Bonchev–Trinajstić information content (AvgIpc) is 2.90. The molecule has 1 atom stereocenters. The third-order valence-electron chi connectivity index (χ3n) is 3.22.